The van der Waals surface area contributed by atoms with Crippen LogP contribution in [-0.4, -0.2) is 20.9 Å². The largest absolute Gasteiger partial charge is 0.360 e. The van der Waals surface area contributed by atoms with Crippen LogP contribution in [0.1, 0.15) is 19.8 Å². The Morgan fingerprint density at radius 2 is 2.50 bits per heavy atom. The second kappa shape index (κ2) is 3.96. The highest BCUT2D eigenvalue weighted by Crippen LogP contribution is 2.18. The van der Waals surface area contributed by atoms with Gasteiger partial charge in [0.2, 0.25) is 0 Å². The minimum Gasteiger partial charge on any atom is -0.360 e. The smallest absolute Gasteiger partial charge is 0.172 e. The number of aromatic nitrogens is 2. The summed E-state index contributed by atoms with van der Waals surface area (Å²) in [4.78, 5) is 0. The first-order chi connectivity index (χ1) is 6.78. The molecule has 0 unspecified atom stereocenters. The molecule has 0 atom stereocenters. The van der Waals surface area contributed by atoms with Crippen LogP contribution in [0.3, 0.4) is 0 Å². The predicted molar refractivity (Wildman–Crippen MR) is 60.3 cm³/mol. The minimum absolute atomic E-state index is 0.586. The molecule has 1 aromatic rings. The number of nitrogens with one attached hydrogen (secondary N) is 2. The van der Waals surface area contributed by atoms with Gasteiger partial charge in [0.1, 0.15) is 0 Å². The summed E-state index contributed by atoms with van der Waals surface area (Å²) in [5.41, 5.74) is 0. The van der Waals surface area contributed by atoms with Crippen molar-refractivity contribution in [1.29, 1.82) is 0 Å². The first kappa shape index (κ1) is 9.45. The maximum atomic E-state index is 5.13. The number of hydrogen-bond donors (Lipinski definition) is 2. The van der Waals surface area contributed by atoms with E-state index in [-0.39, 0.29) is 0 Å². The highest BCUT2D eigenvalue weighted by molar-refractivity contribution is 7.80. The molecule has 0 aliphatic heterocycles. The zero-order valence-corrected chi connectivity index (χ0v) is 8.97. The van der Waals surface area contributed by atoms with Crippen LogP contribution in [0.25, 0.3) is 0 Å². The Labute approximate surface area is 88.7 Å². The summed E-state index contributed by atoms with van der Waals surface area (Å²) >= 11 is 5.13. The lowest BCUT2D eigenvalue weighted by Crippen LogP contribution is -2.30. The fourth-order valence-electron chi connectivity index (χ4n) is 1.17. The van der Waals surface area contributed by atoms with E-state index in [1.807, 2.05) is 16.9 Å². The Bertz CT molecular complexity index is 329. The molecule has 0 radical (unpaired) electrons. The zero-order valence-electron chi connectivity index (χ0n) is 8.16. The highest BCUT2D eigenvalue weighted by Gasteiger charge is 2.21. The number of rotatable bonds is 3. The average molecular weight is 210 g/mol. The van der Waals surface area contributed by atoms with Crippen LogP contribution in [0.5, 0.6) is 0 Å². The molecule has 0 amide bonds. The molecule has 14 heavy (non-hydrogen) atoms. The summed E-state index contributed by atoms with van der Waals surface area (Å²) < 4.78 is 1.86. The fraction of sp³-hybridized carbons (Fsp3) is 0.556. The Morgan fingerprint density at radius 3 is 3.07 bits per heavy atom. The van der Waals surface area contributed by atoms with Crippen molar-refractivity contribution in [3.8, 4) is 0 Å². The third-order valence-corrected chi connectivity index (χ3v) is 2.34. The predicted octanol–water partition coefficient (Wildman–Crippen LogP) is 1.35. The number of anilines is 1. The molecular weight excluding hydrogens is 196 g/mol. The molecular formula is C9H14N4S. The maximum absolute atomic E-state index is 5.13. The van der Waals surface area contributed by atoms with Crippen molar-refractivity contribution < 1.29 is 0 Å². The van der Waals surface area contributed by atoms with Gasteiger partial charge in [-0.15, -0.1) is 0 Å². The lowest BCUT2D eigenvalue weighted by Gasteiger charge is -2.06. The molecule has 0 spiro atoms. The van der Waals surface area contributed by atoms with E-state index in [0.29, 0.717) is 11.2 Å². The van der Waals surface area contributed by atoms with Crippen LogP contribution in [0.4, 0.5) is 5.82 Å². The van der Waals surface area contributed by atoms with Crippen LogP contribution >= 0.6 is 12.2 Å². The Hall–Kier alpha value is -1.10. The van der Waals surface area contributed by atoms with Gasteiger partial charge in [0.15, 0.2) is 10.9 Å². The molecule has 0 bridgehead atoms. The zero-order chi connectivity index (χ0) is 9.97. The van der Waals surface area contributed by atoms with Crippen LogP contribution < -0.4 is 10.6 Å². The molecule has 0 saturated heterocycles. The summed E-state index contributed by atoms with van der Waals surface area (Å²) in [6, 6.07) is 2.51. The van der Waals surface area contributed by atoms with Gasteiger partial charge >= 0.3 is 0 Å². The van der Waals surface area contributed by atoms with E-state index in [1.165, 1.54) is 12.8 Å². The molecule has 2 rings (SSSR count). The van der Waals surface area contributed by atoms with Gasteiger partial charge in [0.25, 0.3) is 0 Å². The molecule has 1 aromatic heterocycles. The van der Waals surface area contributed by atoms with Gasteiger partial charge in [-0.2, -0.15) is 5.10 Å². The number of nitrogens with zero attached hydrogens (tertiary/aromatic N) is 2. The molecule has 1 heterocycles. The van der Waals surface area contributed by atoms with E-state index in [0.717, 1.165) is 12.4 Å². The van der Waals surface area contributed by atoms with Crippen LogP contribution in [0.15, 0.2) is 12.3 Å². The fourth-order valence-corrected chi connectivity index (χ4v) is 1.44. The van der Waals surface area contributed by atoms with E-state index in [2.05, 4.69) is 22.7 Å². The lowest BCUT2D eigenvalue weighted by molar-refractivity contribution is 0.662. The molecule has 76 valence electrons. The standard InChI is InChI=1S/C9H14N4S/c1-2-13-6-5-8(12-13)11-9(14)10-7-3-4-7/h5-7H,2-4H2,1H3,(H2,10,11,12,14). The summed E-state index contributed by atoms with van der Waals surface area (Å²) in [5.74, 6) is 0.810. The van der Waals surface area contributed by atoms with Gasteiger partial charge in [-0.1, -0.05) is 0 Å². The molecule has 1 aliphatic carbocycles. The van der Waals surface area contributed by atoms with E-state index in [9.17, 15) is 0 Å². The number of thiocarbonyl (C=S) groups is 1. The molecule has 0 aromatic carbocycles. The van der Waals surface area contributed by atoms with Crippen LogP contribution in [-0.2, 0) is 6.54 Å². The third-order valence-electron chi connectivity index (χ3n) is 2.12. The van der Waals surface area contributed by atoms with Gasteiger partial charge in [-0.25, -0.2) is 0 Å². The van der Waals surface area contributed by atoms with Crippen molar-refractivity contribution in [2.75, 3.05) is 5.32 Å². The summed E-state index contributed by atoms with van der Waals surface area (Å²) in [6.07, 6.45) is 4.39. The molecule has 1 saturated carbocycles. The molecule has 1 fully saturated rings. The van der Waals surface area contributed by atoms with Crippen LogP contribution in [0, 0.1) is 0 Å². The van der Waals surface area contributed by atoms with E-state index >= 15 is 0 Å². The molecule has 1 aliphatic rings. The van der Waals surface area contributed by atoms with Crippen molar-refractivity contribution in [2.24, 2.45) is 0 Å². The highest BCUT2D eigenvalue weighted by atomic mass is 32.1. The summed E-state index contributed by atoms with van der Waals surface area (Å²) in [6.45, 7) is 2.93. The first-order valence-corrected chi connectivity index (χ1v) is 5.29. The number of hydrogen-bond acceptors (Lipinski definition) is 2. The van der Waals surface area contributed by atoms with Crippen LogP contribution in [0.2, 0.25) is 0 Å². The first-order valence-electron chi connectivity index (χ1n) is 4.89. The van der Waals surface area contributed by atoms with Crippen molar-refractivity contribution in [1.82, 2.24) is 15.1 Å². The van der Waals surface area contributed by atoms with E-state index < -0.39 is 0 Å². The SMILES string of the molecule is CCn1ccc(NC(=S)NC2CC2)n1. The van der Waals surface area contributed by atoms with Crippen molar-refractivity contribution in [3.63, 3.8) is 0 Å². The summed E-state index contributed by atoms with van der Waals surface area (Å²) in [7, 11) is 0. The topological polar surface area (TPSA) is 41.9 Å². The summed E-state index contributed by atoms with van der Waals surface area (Å²) in [5, 5.41) is 11.2. The van der Waals surface area contributed by atoms with Gasteiger partial charge in [-0.3, -0.25) is 4.68 Å². The van der Waals surface area contributed by atoms with Crippen molar-refractivity contribution in [2.45, 2.75) is 32.4 Å². The van der Waals surface area contributed by atoms with E-state index in [4.69, 9.17) is 12.2 Å². The molecule has 5 heteroatoms. The molecule has 4 nitrogen and oxygen atoms in total. The average Bonchev–Trinajstić information content (AvgIpc) is 2.83. The van der Waals surface area contributed by atoms with Gasteiger partial charge in [0, 0.05) is 24.8 Å². The van der Waals surface area contributed by atoms with Gasteiger partial charge in [-0.05, 0) is 32.0 Å². The minimum atomic E-state index is 0.586. The van der Waals surface area contributed by atoms with E-state index in [1.54, 1.807) is 0 Å². The monoisotopic (exact) mass is 210 g/mol. The third kappa shape index (κ3) is 2.45. The van der Waals surface area contributed by atoms with Gasteiger partial charge in [0.05, 0.1) is 0 Å². The second-order valence-corrected chi connectivity index (χ2v) is 3.84. The number of aryl methyl sites for hydroxylation is 1. The molecule has 2 N–H and O–H groups in total. The lowest BCUT2D eigenvalue weighted by atomic mass is 10.6. The second-order valence-electron chi connectivity index (χ2n) is 3.43. The normalized spacial score (nSPS) is 15.2. The quantitative estimate of drug-likeness (QED) is 0.739. The Morgan fingerprint density at radius 1 is 1.71 bits per heavy atom. The van der Waals surface area contributed by atoms with Crippen molar-refractivity contribution >= 4 is 23.1 Å². The Kier molecular flexibility index (Phi) is 2.67. The van der Waals surface area contributed by atoms with Crippen molar-refractivity contribution in [3.05, 3.63) is 12.3 Å². The Balaban J connectivity index is 1.85. The maximum Gasteiger partial charge on any atom is 0.172 e. The van der Waals surface area contributed by atoms with Gasteiger partial charge < -0.3 is 10.6 Å².